The minimum Gasteiger partial charge on any atom is -0.490 e. The zero-order valence-corrected chi connectivity index (χ0v) is 12.3. The Morgan fingerprint density at radius 3 is 2.75 bits per heavy atom. The second-order valence-corrected chi connectivity index (χ2v) is 4.50. The molecule has 1 rings (SSSR count). The molecule has 0 heterocycles. The van der Waals surface area contributed by atoms with E-state index in [0.29, 0.717) is 23.7 Å². The summed E-state index contributed by atoms with van der Waals surface area (Å²) in [7, 11) is 0. The van der Waals surface area contributed by atoms with Crippen LogP contribution in [0.15, 0.2) is 24.3 Å². The SMILES string of the molecule is CCCC(C)Oc1c(/C=C/C(=O)O)cccc1OCC. The van der Waals surface area contributed by atoms with Gasteiger partial charge in [0.1, 0.15) is 0 Å². The van der Waals surface area contributed by atoms with Crippen LogP contribution in [0.1, 0.15) is 39.2 Å². The minimum atomic E-state index is -0.987. The Balaban J connectivity index is 3.08. The monoisotopic (exact) mass is 278 g/mol. The highest BCUT2D eigenvalue weighted by Gasteiger charge is 2.12. The zero-order chi connectivity index (χ0) is 15.0. The van der Waals surface area contributed by atoms with Crippen LogP contribution in [0.4, 0.5) is 0 Å². The van der Waals surface area contributed by atoms with Crippen molar-refractivity contribution in [2.45, 2.75) is 39.7 Å². The van der Waals surface area contributed by atoms with Crippen molar-refractivity contribution in [3.05, 3.63) is 29.8 Å². The van der Waals surface area contributed by atoms with E-state index in [1.165, 1.54) is 6.08 Å². The van der Waals surface area contributed by atoms with Crippen LogP contribution in [0.3, 0.4) is 0 Å². The molecule has 0 aliphatic carbocycles. The maximum atomic E-state index is 10.7. The number of carboxylic acid groups (broad SMARTS) is 1. The minimum absolute atomic E-state index is 0.0542. The molecule has 0 fully saturated rings. The predicted molar refractivity (Wildman–Crippen MR) is 79.3 cm³/mol. The van der Waals surface area contributed by atoms with E-state index < -0.39 is 5.97 Å². The molecule has 0 aliphatic rings. The standard InChI is InChI=1S/C16H22O4/c1-4-7-12(3)20-16-13(10-11-15(17)18)8-6-9-14(16)19-5-2/h6,8-12H,4-5,7H2,1-3H3,(H,17,18)/b11-10+. The fourth-order valence-corrected chi connectivity index (χ4v) is 1.89. The molecule has 1 unspecified atom stereocenters. The number of ether oxygens (including phenoxy) is 2. The van der Waals surface area contributed by atoms with Gasteiger partial charge in [-0.15, -0.1) is 0 Å². The van der Waals surface area contributed by atoms with Gasteiger partial charge in [0.05, 0.1) is 12.7 Å². The van der Waals surface area contributed by atoms with Crippen LogP contribution < -0.4 is 9.47 Å². The molecule has 0 saturated carbocycles. The van der Waals surface area contributed by atoms with E-state index in [-0.39, 0.29) is 6.10 Å². The van der Waals surface area contributed by atoms with E-state index in [0.717, 1.165) is 18.9 Å². The van der Waals surface area contributed by atoms with Crippen molar-refractivity contribution >= 4 is 12.0 Å². The van der Waals surface area contributed by atoms with Crippen molar-refractivity contribution in [1.29, 1.82) is 0 Å². The van der Waals surface area contributed by atoms with Gasteiger partial charge < -0.3 is 14.6 Å². The molecule has 0 aliphatic heterocycles. The summed E-state index contributed by atoms with van der Waals surface area (Å²) in [6.07, 6.45) is 4.64. The highest BCUT2D eigenvalue weighted by molar-refractivity contribution is 5.86. The first-order valence-electron chi connectivity index (χ1n) is 6.91. The van der Waals surface area contributed by atoms with Gasteiger partial charge in [-0.1, -0.05) is 25.5 Å². The van der Waals surface area contributed by atoms with Crippen LogP contribution in [-0.2, 0) is 4.79 Å². The zero-order valence-electron chi connectivity index (χ0n) is 12.3. The topological polar surface area (TPSA) is 55.8 Å². The molecule has 0 amide bonds. The van der Waals surface area contributed by atoms with Crippen LogP contribution in [-0.4, -0.2) is 23.8 Å². The first kappa shape index (κ1) is 16.1. The largest absolute Gasteiger partial charge is 0.490 e. The molecule has 1 aromatic rings. The molecule has 0 spiro atoms. The third kappa shape index (κ3) is 4.96. The van der Waals surface area contributed by atoms with Crippen LogP contribution >= 0.6 is 0 Å². The third-order valence-electron chi connectivity index (χ3n) is 2.73. The number of hydrogen-bond donors (Lipinski definition) is 1. The van der Waals surface area contributed by atoms with Crippen molar-refractivity contribution in [3.8, 4) is 11.5 Å². The lowest BCUT2D eigenvalue weighted by Gasteiger charge is -2.19. The highest BCUT2D eigenvalue weighted by atomic mass is 16.5. The number of benzene rings is 1. The lowest BCUT2D eigenvalue weighted by Crippen LogP contribution is -2.13. The molecule has 0 saturated heterocycles. The van der Waals surface area contributed by atoms with Crippen LogP contribution in [0, 0.1) is 0 Å². The molecular formula is C16H22O4. The summed E-state index contributed by atoms with van der Waals surface area (Å²) in [6, 6.07) is 5.47. The normalized spacial score (nSPS) is 12.3. The average Bonchev–Trinajstić information content (AvgIpc) is 2.39. The summed E-state index contributed by atoms with van der Waals surface area (Å²) in [5.41, 5.74) is 0.710. The smallest absolute Gasteiger partial charge is 0.328 e. The maximum absolute atomic E-state index is 10.7. The maximum Gasteiger partial charge on any atom is 0.328 e. The molecule has 4 nitrogen and oxygen atoms in total. The second-order valence-electron chi connectivity index (χ2n) is 4.50. The highest BCUT2D eigenvalue weighted by Crippen LogP contribution is 2.33. The summed E-state index contributed by atoms with van der Waals surface area (Å²) >= 11 is 0. The summed E-state index contributed by atoms with van der Waals surface area (Å²) in [5.74, 6) is 0.259. The number of carbonyl (C=O) groups is 1. The van der Waals surface area contributed by atoms with Crippen molar-refractivity contribution in [3.63, 3.8) is 0 Å². The number of aliphatic carboxylic acids is 1. The Hall–Kier alpha value is -1.97. The van der Waals surface area contributed by atoms with Crippen LogP contribution in [0.5, 0.6) is 11.5 Å². The van der Waals surface area contributed by atoms with Gasteiger partial charge in [-0.25, -0.2) is 4.79 Å². The van der Waals surface area contributed by atoms with E-state index >= 15 is 0 Å². The van der Waals surface area contributed by atoms with Gasteiger partial charge in [0, 0.05) is 11.6 Å². The Morgan fingerprint density at radius 1 is 1.40 bits per heavy atom. The van der Waals surface area contributed by atoms with Gasteiger partial charge in [0.25, 0.3) is 0 Å². The quantitative estimate of drug-likeness (QED) is 0.736. The Kier molecular flexibility index (Phi) is 6.64. The number of carboxylic acids is 1. The summed E-state index contributed by atoms with van der Waals surface area (Å²) < 4.78 is 11.5. The van der Waals surface area contributed by atoms with E-state index in [1.807, 2.05) is 32.0 Å². The van der Waals surface area contributed by atoms with Gasteiger partial charge >= 0.3 is 5.97 Å². The Morgan fingerprint density at radius 2 is 2.15 bits per heavy atom. The molecule has 1 atom stereocenters. The molecule has 110 valence electrons. The average molecular weight is 278 g/mol. The van der Waals surface area contributed by atoms with Gasteiger partial charge in [-0.3, -0.25) is 0 Å². The van der Waals surface area contributed by atoms with Crippen molar-refractivity contribution in [2.75, 3.05) is 6.61 Å². The Labute approximate surface area is 120 Å². The summed E-state index contributed by atoms with van der Waals surface area (Å²) in [5, 5.41) is 8.75. The van der Waals surface area contributed by atoms with Crippen LogP contribution in [0.2, 0.25) is 0 Å². The molecule has 0 bridgehead atoms. The molecule has 0 radical (unpaired) electrons. The first-order chi connectivity index (χ1) is 9.58. The van der Waals surface area contributed by atoms with Crippen LogP contribution in [0.25, 0.3) is 6.08 Å². The predicted octanol–water partition coefficient (Wildman–Crippen LogP) is 3.75. The first-order valence-corrected chi connectivity index (χ1v) is 6.91. The fraction of sp³-hybridized carbons (Fsp3) is 0.438. The van der Waals surface area contributed by atoms with Crippen molar-refractivity contribution in [2.24, 2.45) is 0 Å². The molecule has 1 N–H and O–H groups in total. The van der Waals surface area contributed by atoms with E-state index in [9.17, 15) is 4.79 Å². The van der Waals surface area contributed by atoms with Gasteiger partial charge in [-0.2, -0.15) is 0 Å². The molecule has 20 heavy (non-hydrogen) atoms. The number of rotatable bonds is 8. The lowest BCUT2D eigenvalue weighted by atomic mass is 10.1. The fourth-order valence-electron chi connectivity index (χ4n) is 1.89. The Bertz CT molecular complexity index is 466. The second kappa shape index (κ2) is 8.25. The van der Waals surface area contributed by atoms with Gasteiger partial charge in [0.15, 0.2) is 11.5 Å². The van der Waals surface area contributed by atoms with E-state index in [2.05, 4.69) is 6.92 Å². The van der Waals surface area contributed by atoms with Crippen molar-refractivity contribution < 1.29 is 19.4 Å². The molecular weight excluding hydrogens is 256 g/mol. The number of hydrogen-bond acceptors (Lipinski definition) is 3. The molecule has 1 aromatic carbocycles. The van der Waals surface area contributed by atoms with E-state index in [1.54, 1.807) is 0 Å². The number of para-hydroxylation sites is 1. The summed E-state index contributed by atoms with van der Waals surface area (Å²) in [6.45, 7) is 6.53. The molecule has 4 heteroatoms. The molecule has 0 aromatic heterocycles. The third-order valence-corrected chi connectivity index (χ3v) is 2.73. The summed E-state index contributed by atoms with van der Waals surface area (Å²) in [4.78, 5) is 10.7. The van der Waals surface area contributed by atoms with Gasteiger partial charge in [-0.05, 0) is 32.4 Å². The van der Waals surface area contributed by atoms with E-state index in [4.69, 9.17) is 14.6 Å². The van der Waals surface area contributed by atoms with Gasteiger partial charge in [0.2, 0.25) is 0 Å². The lowest BCUT2D eigenvalue weighted by molar-refractivity contribution is -0.131. The van der Waals surface area contributed by atoms with Crippen molar-refractivity contribution in [1.82, 2.24) is 0 Å².